The van der Waals surface area contributed by atoms with Gasteiger partial charge in [-0.2, -0.15) is 0 Å². The third kappa shape index (κ3) is 2.07. The van der Waals surface area contributed by atoms with Crippen LogP contribution in [0.4, 0.5) is 0 Å². The fourth-order valence-corrected chi connectivity index (χ4v) is 2.35. The van der Waals surface area contributed by atoms with Gasteiger partial charge in [0, 0.05) is 5.54 Å². The number of amides is 1. The van der Waals surface area contributed by atoms with Crippen molar-refractivity contribution in [1.29, 1.82) is 0 Å². The highest BCUT2D eigenvalue weighted by Crippen LogP contribution is 2.31. The second-order valence-corrected chi connectivity index (χ2v) is 4.54. The summed E-state index contributed by atoms with van der Waals surface area (Å²) in [6.07, 6.45) is 3.13. The van der Waals surface area contributed by atoms with Crippen LogP contribution in [0.25, 0.3) is 0 Å². The van der Waals surface area contributed by atoms with Crippen molar-refractivity contribution in [3.05, 3.63) is 0 Å². The quantitative estimate of drug-likeness (QED) is 0.398. The zero-order chi connectivity index (χ0) is 10.8. The molecule has 1 aliphatic rings. The monoisotopic (exact) mass is 199 g/mol. The molecule has 4 nitrogen and oxygen atoms in total. The van der Waals surface area contributed by atoms with Crippen molar-refractivity contribution < 1.29 is 4.79 Å². The molecule has 0 radical (unpaired) electrons. The first-order chi connectivity index (χ1) is 6.53. The SMILES string of the molecule is CCC(C(=O)NN)N1CCCC1(C)C. The van der Waals surface area contributed by atoms with Gasteiger partial charge >= 0.3 is 0 Å². The lowest BCUT2D eigenvalue weighted by Crippen LogP contribution is -2.53. The van der Waals surface area contributed by atoms with Crippen LogP contribution in [0.15, 0.2) is 0 Å². The lowest BCUT2D eigenvalue weighted by molar-refractivity contribution is -0.128. The van der Waals surface area contributed by atoms with E-state index in [2.05, 4.69) is 24.2 Å². The summed E-state index contributed by atoms with van der Waals surface area (Å²) in [7, 11) is 0. The molecule has 0 bridgehead atoms. The molecule has 1 unspecified atom stereocenters. The number of nitrogens with one attached hydrogen (secondary N) is 1. The van der Waals surface area contributed by atoms with Gasteiger partial charge < -0.3 is 0 Å². The van der Waals surface area contributed by atoms with Gasteiger partial charge in [-0.15, -0.1) is 0 Å². The minimum Gasteiger partial charge on any atom is -0.293 e. The van der Waals surface area contributed by atoms with Crippen molar-refractivity contribution in [2.24, 2.45) is 5.84 Å². The summed E-state index contributed by atoms with van der Waals surface area (Å²) in [5.41, 5.74) is 2.38. The van der Waals surface area contributed by atoms with Gasteiger partial charge in [0.1, 0.15) is 0 Å². The Hall–Kier alpha value is -0.610. The van der Waals surface area contributed by atoms with E-state index in [9.17, 15) is 4.79 Å². The lowest BCUT2D eigenvalue weighted by atomic mass is 9.99. The Bertz CT molecular complexity index is 215. The predicted octanol–water partition coefficient (Wildman–Crippen LogP) is 0.629. The largest absolute Gasteiger partial charge is 0.293 e. The van der Waals surface area contributed by atoms with Crippen molar-refractivity contribution in [2.45, 2.75) is 51.6 Å². The molecule has 0 saturated carbocycles. The van der Waals surface area contributed by atoms with Crippen molar-refractivity contribution in [2.75, 3.05) is 6.54 Å². The molecule has 1 amide bonds. The molecule has 0 aromatic rings. The van der Waals surface area contributed by atoms with Crippen LogP contribution in [0.3, 0.4) is 0 Å². The number of nitrogens with zero attached hydrogens (tertiary/aromatic N) is 1. The van der Waals surface area contributed by atoms with E-state index in [1.165, 1.54) is 6.42 Å². The Balaban J connectivity index is 2.74. The molecular weight excluding hydrogens is 178 g/mol. The fraction of sp³-hybridized carbons (Fsp3) is 0.900. The number of rotatable bonds is 3. The molecule has 14 heavy (non-hydrogen) atoms. The van der Waals surface area contributed by atoms with E-state index in [4.69, 9.17) is 5.84 Å². The van der Waals surface area contributed by atoms with Crippen LogP contribution in [0.1, 0.15) is 40.0 Å². The Kier molecular flexibility index (Phi) is 3.50. The Morgan fingerprint density at radius 1 is 1.64 bits per heavy atom. The van der Waals surface area contributed by atoms with Crippen LogP contribution in [0.2, 0.25) is 0 Å². The van der Waals surface area contributed by atoms with Gasteiger partial charge in [0.2, 0.25) is 0 Å². The van der Waals surface area contributed by atoms with Crippen molar-refractivity contribution in [1.82, 2.24) is 10.3 Å². The van der Waals surface area contributed by atoms with Gasteiger partial charge in [-0.1, -0.05) is 6.92 Å². The van der Waals surface area contributed by atoms with Crippen LogP contribution in [-0.4, -0.2) is 28.9 Å². The topological polar surface area (TPSA) is 58.4 Å². The molecule has 0 aromatic carbocycles. The fourth-order valence-electron chi connectivity index (χ4n) is 2.35. The zero-order valence-electron chi connectivity index (χ0n) is 9.34. The van der Waals surface area contributed by atoms with Crippen molar-refractivity contribution >= 4 is 5.91 Å². The van der Waals surface area contributed by atoms with Crippen LogP contribution < -0.4 is 11.3 Å². The third-order valence-electron chi connectivity index (χ3n) is 3.17. The van der Waals surface area contributed by atoms with Gasteiger partial charge in [0.05, 0.1) is 6.04 Å². The maximum absolute atomic E-state index is 11.5. The van der Waals surface area contributed by atoms with Gasteiger partial charge in [-0.3, -0.25) is 15.1 Å². The summed E-state index contributed by atoms with van der Waals surface area (Å²) < 4.78 is 0. The summed E-state index contributed by atoms with van der Waals surface area (Å²) >= 11 is 0. The smallest absolute Gasteiger partial charge is 0.251 e. The van der Waals surface area contributed by atoms with E-state index in [1.807, 2.05) is 6.92 Å². The Labute approximate surface area is 85.8 Å². The number of hydrazine groups is 1. The number of hydrogen-bond donors (Lipinski definition) is 2. The molecule has 1 heterocycles. The van der Waals surface area contributed by atoms with Gasteiger partial charge in [-0.05, 0) is 39.7 Å². The Morgan fingerprint density at radius 2 is 2.29 bits per heavy atom. The minimum atomic E-state index is -0.0718. The summed E-state index contributed by atoms with van der Waals surface area (Å²) in [4.78, 5) is 13.8. The number of nitrogens with two attached hydrogens (primary N) is 1. The van der Waals surface area contributed by atoms with Gasteiger partial charge in [-0.25, -0.2) is 5.84 Å². The highest BCUT2D eigenvalue weighted by atomic mass is 16.2. The van der Waals surface area contributed by atoms with E-state index in [1.54, 1.807) is 0 Å². The van der Waals surface area contributed by atoms with E-state index in [0.717, 1.165) is 19.4 Å². The van der Waals surface area contributed by atoms with Crippen LogP contribution >= 0.6 is 0 Å². The molecule has 1 fully saturated rings. The second kappa shape index (κ2) is 4.28. The first kappa shape index (κ1) is 11.5. The molecule has 0 aromatic heterocycles. The van der Waals surface area contributed by atoms with Crippen molar-refractivity contribution in [3.63, 3.8) is 0 Å². The molecule has 1 saturated heterocycles. The first-order valence-electron chi connectivity index (χ1n) is 5.30. The number of likely N-dealkylation sites (tertiary alicyclic amines) is 1. The average Bonchev–Trinajstić information content (AvgIpc) is 2.47. The van der Waals surface area contributed by atoms with Crippen LogP contribution in [0, 0.1) is 0 Å². The molecule has 3 N–H and O–H groups in total. The van der Waals surface area contributed by atoms with E-state index in [-0.39, 0.29) is 17.5 Å². The molecule has 1 atom stereocenters. The predicted molar refractivity (Wildman–Crippen MR) is 56.4 cm³/mol. The van der Waals surface area contributed by atoms with Crippen molar-refractivity contribution in [3.8, 4) is 0 Å². The van der Waals surface area contributed by atoms with Crippen LogP contribution in [0.5, 0.6) is 0 Å². The first-order valence-corrected chi connectivity index (χ1v) is 5.30. The molecule has 1 aliphatic heterocycles. The molecule has 82 valence electrons. The Morgan fingerprint density at radius 3 is 2.64 bits per heavy atom. The maximum Gasteiger partial charge on any atom is 0.251 e. The van der Waals surface area contributed by atoms with Gasteiger partial charge in [0.25, 0.3) is 5.91 Å². The maximum atomic E-state index is 11.5. The molecule has 1 rings (SSSR count). The van der Waals surface area contributed by atoms with Gasteiger partial charge in [0.15, 0.2) is 0 Å². The summed E-state index contributed by atoms with van der Waals surface area (Å²) in [6.45, 7) is 7.39. The van der Waals surface area contributed by atoms with E-state index >= 15 is 0 Å². The number of carbonyl (C=O) groups excluding carboxylic acids is 1. The number of hydrogen-bond acceptors (Lipinski definition) is 3. The summed E-state index contributed by atoms with van der Waals surface area (Å²) in [5, 5.41) is 0. The highest BCUT2D eigenvalue weighted by molar-refractivity contribution is 5.81. The highest BCUT2D eigenvalue weighted by Gasteiger charge is 2.38. The molecule has 0 aliphatic carbocycles. The van der Waals surface area contributed by atoms with E-state index in [0.29, 0.717) is 0 Å². The third-order valence-corrected chi connectivity index (χ3v) is 3.17. The second-order valence-electron chi connectivity index (χ2n) is 4.54. The summed E-state index contributed by atoms with van der Waals surface area (Å²) in [5.74, 6) is 5.11. The lowest BCUT2D eigenvalue weighted by Gasteiger charge is -2.36. The zero-order valence-corrected chi connectivity index (χ0v) is 9.34. The van der Waals surface area contributed by atoms with Crippen LogP contribution in [-0.2, 0) is 4.79 Å². The number of carbonyl (C=O) groups is 1. The van der Waals surface area contributed by atoms with E-state index < -0.39 is 0 Å². The normalized spacial score (nSPS) is 23.4. The standard InChI is InChI=1S/C10H21N3O/c1-4-8(9(14)12-11)13-7-5-6-10(13,2)3/h8H,4-7,11H2,1-3H3,(H,12,14). The minimum absolute atomic E-state index is 0.0672. The average molecular weight is 199 g/mol. The molecule has 0 spiro atoms. The molecule has 4 heteroatoms. The molecular formula is C10H21N3O. The summed E-state index contributed by atoms with van der Waals surface area (Å²) in [6, 6.07) is -0.0718.